The molecule has 1 saturated heterocycles. The molecule has 1 unspecified atom stereocenters. The van der Waals surface area contributed by atoms with Gasteiger partial charge in [-0.2, -0.15) is 4.31 Å². The lowest BCUT2D eigenvalue weighted by atomic mass is 9.86. The number of halogens is 1. The molecule has 182 valence electrons. The fourth-order valence-electron chi connectivity index (χ4n) is 4.65. The van der Waals surface area contributed by atoms with E-state index in [0.717, 1.165) is 18.4 Å². The average Bonchev–Trinajstić information content (AvgIpc) is 2.99. The molecule has 2 aromatic carbocycles. The van der Waals surface area contributed by atoms with Crippen LogP contribution in [0.2, 0.25) is 0 Å². The maximum Gasteiger partial charge on any atom is 0.243 e. The molecule has 2 heterocycles. The molecule has 0 radical (unpaired) electrons. The second kappa shape index (κ2) is 9.11. The van der Waals surface area contributed by atoms with Crippen molar-refractivity contribution in [3.05, 3.63) is 59.4 Å². The minimum Gasteiger partial charge on any atom is -0.350 e. The summed E-state index contributed by atoms with van der Waals surface area (Å²) in [4.78, 5) is 27.3. The molecule has 2 aromatic rings. The van der Waals surface area contributed by atoms with Crippen LogP contribution in [0.15, 0.2) is 47.4 Å². The van der Waals surface area contributed by atoms with Gasteiger partial charge >= 0.3 is 0 Å². The van der Waals surface area contributed by atoms with Gasteiger partial charge in [0, 0.05) is 25.3 Å². The highest BCUT2D eigenvalue weighted by Crippen LogP contribution is 2.42. The van der Waals surface area contributed by atoms with Crippen molar-refractivity contribution >= 4 is 27.5 Å². The average molecular weight is 488 g/mol. The summed E-state index contributed by atoms with van der Waals surface area (Å²) >= 11 is 0. The van der Waals surface area contributed by atoms with Crippen LogP contribution in [0.25, 0.3) is 0 Å². The minimum absolute atomic E-state index is 0.170. The number of anilines is 1. The van der Waals surface area contributed by atoms with Crippen molar-refractivity contribution in [1.29, 1.82) is 0 Å². The Labute approximate surface area is 200 Å². The zero-order valence-electron chi connectivity index (χ0n) is 19.7. The van der Waals surface area contributed by atoms with E-state index in [2.05, 4.69) is 5.32 Å². The monoisotopic (exact) mass is 487 g/mol. The lowest BCUT2D eigenvalue weighted by molar-refractivity contribution is -0.125. The summed E-state index contributed by atoms with van der Waals surface area (Å²) in [7, 11) is -3.67. The minimum atomic E-state index is -3.67. The van der Waals surface area contributed by atoms with Crippen LogP contribution >= 0.6 is 0 Å². The van der Waals surface area contributed by atoms with Crippen LogP contribution in [0.3, 0.4) is 0 Å². The van der Waals surface area contributed by atoms with Gasteiger partial charge < -0.3 is 10.2 Å². The van der Waals surface area contributed by atoms with Crippen LogP contribution in [0.1, 0.15) is 44.7 Å². The first-order valence-electron chi connectivity index (χ1n) is 11.5. The normalized spacial score (nSPS) is 20.3. The number of fused-ring (bicyclic) bond motifs is 1. The van der Waals surface area contributed by atoms with Crippen molar-refractivity contribution in [2.75, 3.05) is 24.5 Å². The summed E-state index contributed by atoms with van der Waals surface area (Å²) in [6.07, 6.45) is 1.84. The molecule has 2 aliphatic heterocycles. The number of hydrogen-bond donors (Lipinski definition) is 1. The van der Waals surface area contributed by atoms with Crippen LogP contribution < -0.4 is 10.2 Å². The number of piperidine rings is 1. The summed E-state index contributed by atoms with van der Waals surface area (Å²) in [5.74, 6) is -0.673. The molecule has 34 heavy (non-hydrogen) atoms. The third kappa shape index (κ3) is 4.59. The van der Waals surface area contributed by atoms with Gasteiger partial charge in [0.2, 0.25) is 21.8 Å². The largest absolute Gasteiger partial charge is 0.350 e. The predicted molar refractivity (Wildman–Crippen MR) is 127 cm³/mol. The summed E-state index contributed by atoms with van der Waals surface area (Å²) < 4.78 is 41.1. The summed E-state index contributed by atoms with van der Waals surface area (Å²) in [5.41, 5.74) is 0.908. The maximum atomic E-state index is 13.3. The molecule has 0 aromatic heterocycles. The lowest BCUT2D eigenvalue weighted by Gasteiger charge is -2.30. The van der Waals surface area contributed by atoms with Gasteiger partial charge in [0.1, 0.15) is 12.4 Å². The zero-order valence-corrected chi connectivity index (χ0v) is 20.5. The third-order valence-corrected chi connectivity index (χ3v) is 8.54. The number of benzene rings is 2. The zero-order chi connectivity index (χ0) is 24.7. The van der Waals surface area contributed by atoms with Gasteiger partial charge in [-0.1, -0.05) is 19.1 Å². The highest BCUT2D eigenvalue weighted by Gasteiger charge is 2.45. The van der Waals surface area contributed by atoms with Crippen molar-refractivity contribution in [1.82, 2.24) is 9.62 Å². The molecule has 7 nitrogen and oxygen atoms in total. The van der Waals surface area contributed by atoms with Crippen LogP contribution in [-0.2, 0) is 31.6 Å². The first-order chi connectivity index (χ1) is 16.0. The Kier molecular flexibility index (Phi) is 6.52. The van der Waals surface area contributed by atoms with E-state index in [1.165, 1.54) is 27.4 Å². The number of nitrogens with one attached hydrogen (secondary N) is 1. The molecule has 2 aliphatic rings. The molecule has 0 bridgehead atoms. The molecule has 0 saturated carbocycles. The van der Waals surface area contributed by atoms with Crippen LogP contribution in [-0.4, -0.2) is 44.2 Å². The maximum absolute atomic E-state index is 13.3. The van der Waals surface area contributed by atoms with E-state index in [1.54, 1.807) is 38.1 Å². The second-order valence-corrected chi connectivity index (χ2v) is 11.6. The summed E-state index contributed by atoms with van der Waals surface area (Å²) in [6.45, 7) is 6.53. The number of carbonyl (C=O) groups excluding carboxylic acids is 2. The summed E-state index contributed by atoms with van der Waals surface area (Å²) in [6, 6.07) is 10.5. The number of amides is 2. The van der Waals surface area contributed by atoms with Gasteiger partial charge in [0.25, 0.3) is 0 Å². The Hall–Kier alpha value is -2.78. The molecule has 1 N–H and O–H groups in total. The number of rotatable bonds is 6. The molecule has 0 spiro atoms. The molecule has 2 amide bonds. The standard InChI is InChI=1S/C25H30FN3O4S/c1-17-5-4-12-28(15-17)34(32,33)20-10-11-22-21(13-20)25(2,3)24(31)29(22)16-23(30)27-14-18-6-8-19(26)9-7-18/h6-11,13,17H,4-5,12,14-16H2,1-3H3,(H,27,30). The van der Waals surface area contributed by atoms with E-state index in [4.69, 9.17) is 0 Å². The van der Waals surface area contributed by atoms with Crippen LogP contribution in [0, 0.1) is 11.7 Å². The van der Waals surface area contributed by atoms with Crippen molar-refractivity contribution in [3.63, 3.8) is 0 Å². The van der Waals surface area contributed by atoms with E-state index in [-0.39, 0.29) is 35.6 Å². The number of sulfonamides is 1. The first kappa shape index (κ1) is 24.3. The SMILES string of the molecule is CC1CCCN(S(=O)(=O)c2ccc3c(c2)C(C)(C)C(=O)N3CC(=O)NCc2ccc(F)cc2)C1. The van der Waals surface area contributed by atoms with Crippen molar-refractivity contribution in [2.24, 2.45) is 5.92 Å². The molecule has 9 heteroatoms. The molecular formula is C25H30FN3O4S. The molecular weight excluding hydrogens is 457 g/mol. The topological polar surface area (TPSA) is 86.8 Å². The van der Waals surface area contributed by atoms with Gasteiger partial charge in [-0.25, -0.2) is 12.8 Å². The first-order valence-corrected chi connectivity index (χ1v) is 12.9. The highest BCUT2D eigenvalue weighted by atomic mass is 32.2. The second-order valence-electron chi connectivity index (χ2n) is 9.71. The van der Waals surface area contributed by atoms with Gasteiger partial charge in [-0.3, -0.25) is 9.59 Å². The number of carbonyl (C=O) groups is 2. The summed E-state index contributed by atoms with van der Waals surface area (Å²) in [5, 5.41) is 2.75. The van der Waals surface area contributed by atoms with Crippen LogP contribution in [0.4, 0.5) is 10.1 Å². The highest BCUT2D eigenvalue weighted by molar-refractivity contribution is 7.89. The number of hydrogen-bond acceptors (Lipinski definition) is 4. The smallest absolute Gasteiger partial charge is 0.243 e. The van der Waals surface area contributed by atoms with Crippen LogP contribution in [0.5, 0.6) is 0 Å². The molecule has 0 aliphatic carbocycles. The van der Waals surface area contributed by atoms with Crippen molar-refractivity contribution < 1.29 is 22.4 Å². The quantitative estimate of drug-likeness (QED) is 0.678. The van der Waals surface area contributed by atoms with E-state index >= 15 is 0 Å². The van der Waals surface area contributed by atoms with Gasteiger partial charge in [-0.05, 0) is 74.1 Å². The third-order valence-electron chi connectivity index (χ3n) is 6.67. The molecule has 4 rings (SSSR count). The predicted octanol–water partition coefficient (Wildman–Crippen LogP) is 3.19. The Bertz CT molecular complexity index is 1210. The molecule has 1 fully saturated rings. The van der Waals surface area contributed by atoms with E-state index in [1.807, 2.05) is 6.92 Å². The Morgan fingerprint density at radius 3 is 2.56 bits per heavy atom. The Morgan fingerprint density at radius 1 is 1.18 bits per heavy atom. The molecule has 1 atom stereocenters. The van der Waals surface area contributed by atoms with E-state index < -0.39 is 15.4 Å². The van der Waals surface area contributed by atoms with E-state index in [0.29, 0.717) is 30.3 Å². The van der Waals surface area contributed by atoms with Gasteiger partial charge in [0.05, 0.1) is 10.3 Å². The van der Waals surface area contributed by atoms with Crippen molar-refractivity contribution in [3.8, 4) is 0 Å². The number of nitrogens with zero attached hydrogens (tertiary/aromatic N) is 2. The van der Waals surface area contributed by atoms with E-state index in [9.17, 15) is 22.4 Å². The lowest BCUT2D eigenvalue weighted by Crippen LogP contribution is -2.42. The van der Waals surface area contributed by atoms with Gasteiger partial charge in [0.15, 0.2) is 0 Å². The Balaban J connectivity index is 1.53. The fourth-order valence-corrected chi connectivity index (χ4v) is 6.27. The van der Waals surface area contributed by atoms with Crippen molar-refractivity contribution in [2.45, 2.75) is 50.5 Å². The fraction of sp³-hybridized carbons (Fsp3) is 0.440. The Morgan fingerprint density at radius 2 is 1.88 bits per heavy atom. The van der Waals surface area contributed by atoms with Gasteiger partial charge in [-0.15, -0.1) is 0 Å².